The monoisotopic (exact) mass is 551 g/mol. The Labute approximate surface area is 230 Å². The van der Waals surface area contributed by atoms with Gasteiger partial charge in [0.2, 0.25) is 17.7 Å². The first-order valence-corrected chi connectivity index (χ1v) is 13.0. The van der Waals surface area contributed by atoms with Crippen LogP contribution in [0.3, 0.4) is 0 Å². The van der Waals surface area contributed by atoms with Crippen molar-refractivity contribution in [3.8, 4) is 5.75 Å². The van der Waals surface area contributed by atoms with Crippen LogP contribution in [-0.4, -0.2) is 86.2 Å². The summed E-state index contributed by atoms with van der Waals surface area (Å²) in [5, 5.41) is 34.7. The van der Waals surface area contributed by atoms with Crippen molar-refractivity contribution in [2.24, 2.45) is 5.73 Å². The molecule has 1 aliphatic rings. The van der Waals surface area contributed by atoms with E-state index in [0.717, 1.165) is 16.5 Å². The van der Waals surface area contributed by atoms with E-state index in [-0.39, 0.29) is 25.1 Å². The number of rotatable bonds is 11. The molecule has 3 aromatic rings. The van der Waals surface area contributed by atoms with Gasteiger partial charge >= 0.3 is 5.97 Å². The third-order valence-corrected chi connectivity index (χ3v) is 7.08. The van der Waals surface area contributed by atoms with Crippen LogP contribution in [0.4, 0.5) is 0 Å². The van der Waals surface area contributed by atoms with Gasteiger partial charge in [-0.3, -0.25) is 14.4 Å². The average Bonchev–Trinajstić information content (AvgIpc) is 3.60. The van der Waals surface area contributed by atoms with Gasteiger partial charge < -0.3 is 41.6 Å². The zero-order valence-corrected chi connectivity index (χ0v) is 21.7. The van der Waals surface area contributed by atoms with Gasteiger partial charge in [0, 0.05) is 36.5 Å². The van der Waals surface area contributed by atoms with Gasteiger partial charge in [0.1, 0.15) is 29.9 Å². The van der Waals surface area contributed by atoms with E-state index in [1.165, 1.54) is 17.0 Å². The lowest BCUT2D eigenvalue weighted by atomic mass is 10.0. The normalized spacial score (nSPS) is 17.2. The molecule has 12 nitrogen and oxygen atoms in total. The number of nitrogens with two attached hydrogens (primary N) is 1. The Kier molecular flexibility index (Phi) is 9.02. The number of aromatic nitrogens is 1. The minimum absolute atomic E-state index is 0.0283. The molecule has 12 heteroatoms. The van der Waals surface area contributed by atoms with E-state index in [4.69, 9.17) is 5.73 Å². The van der Waals surface area contributed by atoms with Crippen molar-refractivity contribution >= 4 is 34.6 Å². The summed E-state index contributed by atoms with van der Waals surface area (Å²) < 4.78 is 0. The summed E-state index contributed by atoms with van der Waals surface area (Å²) in [6.45, 7) is -0.273. The predicted octanol–water partition coefficient (Wildman–Crippen LogP) is 0.0235. The number of carbonyl (C=O) groups is 4. The topological polar surface area (TPSA) is 198 Å². The van der Waals surface area contributed by atoms with Crippen molar-refractivity contribution in [1.82, 2.24) is 20.5 Å². The van der Waals surface area contributed by atoms with Gasteiger partial charge in [-0.1, -0.05) is 30.3 Å². The van der Waals surface area contributed by atoms with Crippen LogP contribution >= 0.6 is 0 Å². The highest BCUT2D eigenvalue weighted by Crippen LogP contribution is 2.21. The number of H-pyrrole nitrogens is 1. The van der Waals surface area contributed by atoms with E-state index in [1.54, 1.807) is 18.3 Å². The number of aromatic hydroxyl groups is 1. The second kappa shape index (κ2) is 12.6. The molecule has 0 saturated carbocycles. The third kappa shape index (κ3) is 6.58. The highest BCUT2D eigenvalue weighted by Gasteiger charge is 2.38. The molecule has 2 heterocycles. The van der Waals surface area contributed by atoms with Crippen molar-refractivity contribution in [3.05, 3.63) is 65.9 Å². The molecule has 40 heavy (non-hydrogen) atoms. The zero-order valence-electron chi connectivity index (χ0n) is 21.7. The van der Waals surface area contributed by atoms with Gasteiger partial charge in [-0.25, -0.2) is 4.79 Å². The number of aromatic amines is 1. The van der Waals surface area contributed by atoms with Crippen molar-refractivity contribution in [2.45, 2.75) is 49.9 Å². The molecule has 1 aromatic heterocycles. The Bertz CT molecular complexity index is 1370. The second-order valence-electron chi connectivity index (χ2n) is 9.87. The number of likely N-dealkylation sites (tertiary alicyclic amines) is 1. The molecule has 4 rings (SSSR count). The summed E-state index contributed by atoms with van der Waals surface area (Å²) >= 11 is 0. The fourth-order valence-corrected chi connectivity index (χ4v) is 4.93. The highest BCUT2D eigenvalue weighted by molar-refractivity contribution is 5.95. The van der Waals surface area contributed by atoms with Crippen LogP contribution in [0.5, 0.6) is 5.75 Å². The molecule has 8 N–H and O–H groups in total. The number of amides is 3. The SMILES string of the molecule is NC(CO)C(=O)N1CCC[C@H]1C(=O)NC(Cc1c[nH]c2ccccc12)C(=O)NC(Cc1ccc(O)cc1)C(=O)O. The minimum Gasteiger partial charge on any atom is -0.508 e. The van der Waals surface area contributed by atoms with Crippen LogP contribution in [0, 0.1) is 0 Å². The van der Waals surface area contributed by atoms with Gasteiger partial charge in [-0.15, -0.1) is 0 Å². The lowest BCUT2D eigenvalue weighted by Gasteiger charge is -2.28. The molecule has 2 aromatic carbocycles. The lowest BCUT2D eigenvalue weighted by molar-refractivity contribution is -0.143. The number of carbonyl (C=O) groups excluding carboxylic acids is 3. The highest BCUT2D eigenvalue weighted by atomic mass is 16.4. The van der Waals surface area contributed by atoms with E-state index >= 15 is 0 Å². The largest absolute Gasteiger partial charge is 0.508 e. The maximum absolute atomic E-state index is 13.5. The van der Waals surface area contributed by atoms with Gasteiger partial charge in [-0.2, -0.15) is 0 Å². The molecule has 3 unspecified atom stereocenters. The summed E-state index contributed by atoms with van der Waals surface area (Å²) in [6.07, 6.45) is 2.65. The molecular formula is C28H33N5O7. The minimum atomic E-state index is -1.30. The molecule has 0 bridgehead atoms. The first-order chi connectivity index (χ1) is 19.2. The lowest BCUT2D eigenvalue weighted by Crippen LogP contribution is -2.57. The summed E-state index contributed by atoms with van der Waals surface area (Å²) in [6, 6.07) is 8.93. The second-order valence-corrected chi connectivity index (χ2v) is 9.87. The standard InChI is InChI=1S/C28H33N5O7/c29-20(15-34)27(38)33-11-3-6-24(33)26(37)31-22(13-17-14-30-21-5-2-1-4-19(17)21)25(36)32-23(28(39)40)12-16-7-9-18(35)10-8-16/h1-2,4-5,7-10,14,20,22-24,30,34-35H,3,6,11-13,15,29H2,(H,31,37)(H,32,36)(H,39,40)/t20?,22?,23?,24-/m0/s1. The Morgan fingerprint density at radius 1 is 1.02 bits per heavy atom. The maximum atomic E-state index is 13.5. The van der Waals surface area contributed by atoms with Crippen LogP contribution in [0.1, 0.15) is 24.0 Å². The van der Waals surface area contributed by atoms with Crippen molar-refractivity contribution in [3.63, 3.8) is 0 Å². The van der Waals surface area contributed by atoms with Crippen LogP contribution < -0.4 is 16.4 Å². The quantitative estimate of drug-likeness (QED) is 0.173. The first kappa shape index (κ1) is 28.6. The summed E-state index contributed by atoms with van der Waals surface area (Å²) in [4.78, 5) is 56.0. The number of aliphatic hydroxyl groups excluding tert-OH is 1. The Morgan fingerprint density at radius 2 is 1.75 bits per heavy atom. The number of carboxylic acid groups (broad SMARTS) is 1. The molecule has 4 atom stereocenters. The van der Waals surface area contributed by atoms with Crippen molar-refractivity contribution in [1.29, 1.82) is 0 Å². The van der Waals surface area contributed by atoms with Crippen molar-refractivity contribution in [2.75, 3.05) is 13.2 Å². The summed E-state index contributed by atoms with van der Waals surface area (Å²) in [5.74, 6) is -3.06. The van der Waals surface area contributed by atoms with E-state index in [2.05, 4.69) is 15.6 Å². The Hall–Kier alpha value is -4.42. The molecule has 212 valence electrons. The maximum Gasteiger partial charge on any atom is 0.326 e. The molecular weight excluding hydrogens is 518 g/mol. The average molecular weight is 552 g/mol. The van der Waals surface area contributed by atoms with E-state index in [9.17, 15) is 34.5 Å². The fraction of sp³-hybridized carbons (Fsp3) is 0.357. The number of fused-ring (bicyclic) bond motifs is 1. The number of aliphatic hydroxyl groups is 1. The number of para-hydroxylation sites is 1. The molecule has 3 amide bonds. The smallest absolute Gasteiger partial charge is 0.326 e. The summed E-state index contributed by atoms with van der Waals surface area (Å²) in [5.41, 5.74) is 7.86. The number of benzene rings is 2. The molecule has 1 fully saturated rings. The number of carboxylic acids is 1. The van der Waals surface area contributed by atoms with Crippen molar-refractivity contribution < 1.29 is 34.5 Å². The molecule has 0 aliphatic carbocycles. The van der Waals surface area contributed by atoms with E-state index < -0.39 is 54.5 Å². The number of nitrogens with one attached hydrogen (secondary N) is 3. The molecule has 0 spiro atoms. The number of nitrogens with zero attached hydrogens (tertiary/aromatic N) is 1. The number of phenols is 1. The predicted molar refractivity (Wildman–Crippen MR) is 145 cm³/mol. The number of aliphatic carboxylic acids is 1. The Balaban J connectivity index is 1.56. The van der Waals surface area contributed by atoms with Crippen LogP contribution in [0.25, 0.3) is 10.9 Å². The van der Waals surface area contributed by atoms with Gasteiger partial charge in [-0.05, 0) is 42.2 Å². The first-order valence-electron chi connectivity index (χ1n) is 13.0. The fourth-order valence-electron chi connectivity index (χ4n) is 4.93. The Morgan fingerprint density at radius 3 is 2.45 bits per heavy atom. The molecule has 1 aliphatic heterocycles. The number of phenolic OH excluding ortho intramolecular Hbond substituents is 1. The third-order valence-electron chi connectivity index (χ3n) is 7.08. The number of hydrogen-bond donors (Lipinski definition) is 7. The summed E-state index contributed by atoms with van der Waals surface area (Å²) in [7, 11) is 0. The van der Waals surface area contributed by atoms with Gasteiger partial charge in [0.15, 0.2) is 0 Å². The van der Waals surface area contributed by atoms with Crippen LogP contribution in [-0.2, 0) is 32.0 Å². The van der Waals surface area contributed by atoms with E-state index in [1.807, 2.05) is 24.3 Å². The van der Waals surface area contributed by atoms with Crippen LogP contribution in [0.15, 0.2) is 54.7 Å². The van der Waals surface area contributed by atoms with E-state index in [0.29, 0.717) is 18.4 Å². The van der Waals surface area contributed by atoms with Gasteiger partial charge in [0.05, 0.1) is 6.61 Å². The van der Waals surface area contributed by atoms with Gasteiger partial charge in [0.25, 0.3) is 0 Å². The molecule has 1 saturated heterocycles. The van der Waals surface area contributed by atoms with Crippen LogP contribution in [0.2, 0.25) is 0 Å². The number of hydrogen-bond acceptors (Lipinski definition) is 7. The molecule has 0 radical (unpaired) electrons. The zero-order chi connectivity index (χ0) is 28.8.